The fraction of sp³-hybridized carbons (Fsp3) is 1.00. The SMILES string of the molecule is COC(C)(N)C(CC(C)N)(OC)OC.[SiH4]. The van der Waals surface area contributed by atoms with Crippen LogP contribution in [-0.4, -0.2) is 49.8 Å². The van der Waals surface area contributed by atoms with Crippen LogP contribution in [0.1, 0.15) is 20.3 Å². The van der Waals surface area contributed by atoms with Crippen LogP contribution >= 0.6 is 0 Å². The highest BCUT2D eigenvalue weighted by atomic mass is 28.1. The van der Waals surface area contributed by atoms with Crippen molar-refractivity contribution in [2.75, 3.05) is 21.3 Å². The van der Waals surface area contributed by atoms with Gasteiger partial charge in [-0.1, -0.05) is 0 Å². The lowest BCUT2D eigenvalue weighted by Crippen LogP contribution is -2.63. The van der Waals surface area contributed by atoms with Crippen molar-refractivity contribution in [2.45, 2.75) is 37.8 Å². The Morgan fingerprint density at radius 3 is 1.73 bits per heavy atom. The molecule has 0 fully saturated rings. The van der Waals surface area contributed by atoms with Crippen molar-refractivity contribution < 1.29 is 14.2 Å². The summed E-state index contributed by atoms with van der Waals surface area (Å²) in [4.78, 5) is 0. The zero-order valence-corrected chi connectivity index (χ0v) is 9.66. The summed E-state index contributed by atoms with van der Waals surface area (Å²) in [7, 11) is 4.56. The average molecular weight is 238 g/mol. The normalized spacial score (nSPS) is 17.8. The summed E-state index contributed by atoms with van der Waals surface area (Å²) in [5, 5.41) is 0. The van der Waals surface area contributed by atoms with Gasteiger partial charge < -0.3 is 19.9 Å². The second-order valence-corrected chi connectivity index (χ2v) is 3.65. The molecule has 6 heteroatoms. The number of rotatable bonds is 6. The zero-order valence-electron chi connectivity index (χ0n) is 9.66. The minimum atomic E-state index is -1.04. The summed E-state index contributed by atoms with van der Waals surface area (Å²) in [6, 6.07) is -0.0899. The summed E-state index contributed by atoms with van der Waals surface area (Å²) in [5.41, 5.74) is 10.6. The van der Waals surface area contributed by atoms with E-state index in [-0.39, 0.29) is 17.0 Å². The lowest BCUT2D eigenvalue weighted by atomic mass is 9.97. The third-order valence-corrected chi connectivity index (χ3v) is 2.43. The van der Waals surface area contributed by atoms with Crippen molar-refractivity contribution in [3.8, 4) is 0 Å². The first-order chi connectivity index (χ1) is 6.35. The minimum Gasteiger partial charge on any atom is -0.359 e. The Morgan fingerprint density at radius 1 is 1.13 bits per heavy atom. The quantitative estimate of drug-likeness (QED) is 0.439. The van der Waals surface area contributed by atoms with Gasteiger partial charge in [-0.25, -0.2) is 0 Å². The minimum absolute atomic E-state index is 0. The van der Waals surface area contributed by atoms with Crippen LogP contribution in [0.4, 0.5) is 0 Å². The van der Waals surface area contributed by atoms with Gasteiger partial charge in [0.1, 0.15) is 0 Å². The van der Waals surface area contributed by atoms with Crippen LogP contribution in [0.25, 0.3) is 0 Å². The summed E-state index contributed by atoms with van der Waals surface area (Å²) in [6.07, 6.45) is 0.459. The predicted octanol–water partition coefficient (Wildman–Crippen LogP) is -1.42. The van der Waals surface area contributed by atoms with Gasteiger partial charge in [0.15, 0.2) is 5.72 Å². The molecule has 0 saturated heterocycles. The molecule has 0 aromatic heterocycles. The number of methoxy groups -OCH3 is 3. The van der Waals surface area contributed by atoms with Gasteiger partial charge in [-0.15, -0.1) is 0 Å². The molecule has 5 nitrogen and oxygen atoms in total. The summed E-state index contributed by atoms with van der Waals surface area (Å²) >= 11 is 0. The van der Waals surface area contributed by atoms with E-state index in [2.05, 4.69) is 0 Å². The van der Waals surface area contributed by atoms with Crippen molar-refractivity contribution in [1.29, 1.82) is 0 Å². The Balaban J connectivity index is 0. The summed E-state index contributed by atoms with van der Waals surface area (Å²) in [5.74, 6) is -1.02. The monoisotopic (exact) mass is 238 g/mol. The van der Waals surface area contributed by atoms with Gasteiger partial charge in [-0.2, -0.15) is 0 Å². The van der Waals surface area contributed by atoms with Crippen LogP contribution in [0.2, 0.25) is 0 Å². The van der Waals surface area contributed by atoms with Gasteiger partial charge in [-0.3, -0.25) is 5.73 Å². The van der Waals surface area contributed by atoms with Crippen LogP contribution in [0.3, 0.4) is 0 Å². The Labute approximate surface area is 96.5 Å². The molecular formula is C9H26N2O3Si. The molecule has 0 radical (unpaired) electrons. The molecule has 2 unspecified atom stereocenters. The van der Waals surface area contributed by atoms with Gasteiger partial charge in [-0.05, 0) is 24.8 Å². The van der Waals surface area contributed by atoms with E-state index >= 15 is 0 Å². The van der Waals surface area contributed by atoms with Crippen molar-refractivity contribution in [2.24, 2.45) is 11.5 Å². The van der Waals surface area contributed by atoms with E-state index in [1.54, 1.807) is 6.92 Å². The first kappa shape index (κ1) is 17.4. The van der Waals surface area contributed by atoms with Gasteiger partial charge >= 0.3 is 0 Å². The number of nitrogens with two attached hydrogens (primary N) is 2. The van der Waals surface area contributed by atoms with Crippen LogP contribution in [0, 0.1) is 0 Å². The molecule has 4 N–H and O–H groups in total. The fourth-order valence-corrected chi connectivity index (χ4v) is 1.44. The molecule has 0 spiro atoms. The largest absolute Gasteiger partial charge is 0.359 e. The van der Waals surface area contributed by atoms with Gasteiger partial charge in [0.25, 0.3) is 0 Å². The van der Waals surface area contributed by atoms with E-state index in [0.29, 0.717) is 6.42 Å². The molecule has 0 aliphatic carbocycles. The van der Waals surface area contributed by atoms with Crippen LogP contribution < -0.4 is 11.5 Å². The molecular weight excluding hydrogens is 212 g/mol. The fourth-order valence-electron chi connectivity index (χ4n) is 1.44. The number of ether oxygens (including phenoxy) is 3. The number of hydrogen-bond acceptors (Lipinski definition) is 5. The highest BCUT2D eigenvalue weighted by Gasteiger charge is 2.48. The van der Waals surface area contributed by atoms with E-state index in [0.717, 1.165) is 0 Å². The molecule has 2 atom stereocenters. The van der Waals surface area contributed by atoms with E-state index in [1.165, 1.54) is 21.3 Å². The Kier molecular flexibility index (Phi) is 7.62. The van der Waals surface area contributed by atoms with Gasteiger partial charge in [0, 0.05) is 33.8 Å². The molecule has 94 valence electrons. The predicted molar refractivity (Wildman–Crippen MR) is 66.0 cm³/mol. The summed E-state index contributed by atoms with van der Waals surface area (Å²) in [6.45, 7) is 3.56. The third-order valence-electron chi connectivity index (χ3n) is 2.43. The lowest BCUT2D eigenvalue weighted by molar-refractivity contribution is -0.306. The van der Waals surface area contributed by atoms with E-state index < -0.39 is 11.5 Å². The van der Waals surface area contributed by atoms with Crippen molar-refractivity contribution in [1.82, 2.24) is 0 Å². The molecule has 0 aliphatic heterocycles. The molecule has 0 heterocycles. The maximum absolute atomic E-state index is 5.94. The van der Waals surface area contributed by atoms with E-state index in [4.69, 9.17) is 25.7 Å². The molecule has 0 amide bonds. The van der Waals surface area contributed by atoms with Crippen LogP contribution in [-0.2, 0) is 14.2 Å². The smallest absolute Gasteiger partial charge is 0.212 e. The Morgan fingerprint density at radius 2 is 1.53 bits per heavy atom. The first-order valence-corrected chi connectivity index (χ1v) is 4.55. The number of hydrogen-bond donors (Lipinski definition) is 2. The first-order valence-electron chi connectivity index (χ1n) is 4.55. The lowest BCUT2D eigenvalue weighted by Gasteiger charge is -2.43. The van der Waals surface area contributed by atoms with Crippen LogP contribution in [0.5, 0.6) is 0 Å². The molecule has 0 bridgehead atoms. The van der Waals surface area contributed by atoms with E-state index in [1.807, 2.05) is 6.92 Å². The average Bonchev–Trinajstić information content (AvgIpc) is 2.13. The maximum Gasteiger partial charge on any atom is 0.212 e. The zero-order chi connectivity index (χ0) is 11.4. The maximum atomic E-state index is 5.94. The highest BCUT2D eigenvalue weighted by Crippen LogP contribution is 2.29. The van der Waals surface area contributed by atoms with Crippen molar-refractivity contribution in [3.05, 3.63) is 0 Å². The second kappa shape index (κ2) is 6.57. The van der Waals surface area contributed by atoms with E-state index in [9.17, 15) is 0 Å². The van der Waals surface area contributed by atoms with Gasteiger partial charge in [0.05, 0.1) is 0 Å². The summed E-state index contributed by atoms with van der Waals surface area (Å²) < 4.78 is 15.8. The molecule has 0 saturated carbocycles. The van der Waals surface area contributed by atoms with Crippen LogP contribution in [0.15, 0.2) is 0 Å². The molecule has 0 rings (SSSR count). The highest BCUT2D eigenvalue weighted by molar-refractivity contribution is 5.75. The second-order valence-electron chi connectivity index (χ2n) is 3.65. The molecule has 0 aromatic rings. The van der Waals surface area contributed by atoms with Crippen molar-refractivity contribution in [3.63, 3.8) is 0 Å². The topological polar surface area (TPSA) is 79.7 Å². The molecule has 0 aromatic carbocycles. The third kappa shape index (κ3) is 3.82. The Hall–Kier alpha value is 0.0169. The molecule has 0 aliphatic rings. The van der Waals surface area contributed by atoms with Crippen molar-refractivity contribution >= 4 is 11.0 Å². The van der Waals surface area contributed by atoms with Gasteiger partial charge in [0.2, 0.25) is 5.79 Å². The molecule has 15 heavy (non-hydrogen) atoms. The standard InChI is InChI=1S/C9H22N2O3.H4Si/c1-7(10)6-9(13-4,14-5)8(2,11)12-3;/h7H,6,10-11H2,1-5H3;1H4. The Bertz CT molecular complexity index is 173.